The van der Waals surface area contributed by atoms with Crippen molar-refractivity contribution in [2.75, 3.05) is 32.7 Å². The third kappa shape index (κ3) is 6.17. The number of hydrogen-bond donors (Lipinski definition) is 2. The van der Waals surface area contributed by atoms with Crippen LogP contribution in [0.15, 0.2) is 29.2 Å². The quantitative estimate of drug-likeness (QED) is 0.682. The van der Waals surface area contributed by atoms with E-state index in [1.807, 2.05) is 4.90 Å². The highest BCUT2D eigenvalue weighted by atomic mass is 35.5. The molecule has 1 saturated heterocycles. The molecule has 0 aromatic heterocycles. The van der Waals surface area contributed by atoms with Crippen LogP contribution in [-0.4, -0.2) is 51.9 Å². The Hall–Kier alpha value is -1.15. The molecule has 2 fully saturated rings. The summed E-state index contributed by atoms with van der Waals surface area (Å²) < 4.78 is 27.5. The molecule has 0 radical (unpaired) electrons. The molecule has 1 aliphatic carbocycles. The molecular weight excluding hydrogens is 386 g/mol. The number of rotatable bonds is 8. The van der Waals surface area contributed by atoms with Gasteiger partial charge in [0.15, 0.2) is 0 Å². The van der Waals surface area contributed by atoms with Gasteiger partial charge in [-0.25, -0.2) is 13.1 Å². The van der Waals surface area contributed by atoms with Gasteiger partial charge >= 0.3 is 0 Å². The maximum Gasteiger partial charge on any atom is 0.253 e. The van der Waals surface area contributed by atoms with Crippen LogP contribution in [0, 0.1) is 11.8 Å². The lowest BCUT2D eigenvalue weighted by atomic mass is 9.96. The van der Waals surface area contributed by atoms with Gasteiger partial charge in [0, 0.05) is 25.2 Å². The largest absolute Gasteiger partial charge is 0.339 e. The molecule has 27 heavy (non-hydrogen) atoms. The monoisotopic (exact) mass is 415 g/mol. The summed E-state index contributed by atoms with van der Waals surface area (Å²) in [4.78, 5) is 14.8. The summed E-state index contributed by atoms with van der Waals surface area (Å²) >= 11 is 0. The van der Waals surface area contributed by atoms with Crippen LogP contribution in [0.25, 0.3) is 0 Å². The first kappa shape index (κ1) is 22.1. The van der Waals surface area contributed by atoms with Crippen LogP contribution in [0.3, 0.4) is 0 Å². The van der Waals surface area contributed by atoms with Gasteiger partial charge in [-0.3, -0.25) is 4.79 Å². The minimum absolute atomic E-state index is 0. The van der Waals surface area contributed by atoms with Gasteiger partial charge in [0.2, 0.25) is 10.0 Å². The van der Waals surface area contributed by atoms with E-state index in [0.717, 1.165) is 51.9 Å². The Kier molecular flexibility index (Phi) is 8.09. The van der Waals surface area contributed by atoms with Gasteiger partial charge < -0.3 is 10.2 Å². The highest BCUT2D eigenvalue weighted by molar-refractivity contribution is 7.89. The van der Waals surface area contributed by atoms with Crippen molar-refractivity contribution in [2.24, 2.45) is 11.8 Å². The van der Waals surface area contributed by atoms with Gasteiger partial charge in [-0.05, 0) is 68.8 Å². The van der Waals surface area contributed by atoms with E-state index in [1.54, 1.807) is 18.2 Å². The summed E-state index contributed by atoms with van der Waals surface area (Å²) in [5.41, 5.74) is 0.449. The summed E-state index contributed by atoms with van der Waals surface area (Å²) in [6, 6.07) is 6.40. The molecule has 1 amide bonds. The lowest BCUT2D eigenvalue weighted by Gasteiger charge is -2.32. The highest BCUT2D eigenvalue weighted by Gasteiger charge is 2.26. The zero-order chi connectivity index (χ0) is 18.6. The number of carbonyl (C=O) groups is 1. The maximum absolute atomic E-state index is 12.8. The number of hydrogen-bond acceptors (Lipinski definition) is 4. The fourth-order valence-electron chi connectivity index (χ4n) is 3.30. The second-order valence-electron chi connectivity index (χ2n) is 7.37. The van der Waals surface area contributed by atoms with Crippen molar-refractivity contribution in [1.82, 2.24) is 14.9 Å². The van der Waals surface area contributed by atoms with Crippen molar-refractivity contribution in [3.8, 4) is 0 Å². The number of nitrogens with one attached hydrogen (secondary N) is 2. The Morgan fingerprint density at radius 1 is 1.11 bits per heavy atom. The summed E-state index contributed by atoms with van der Waals surface area (Å²) in [5.74, 6) is 1.00. The van der Waals surface area contributed by atoms with Crippen molar-refractivity contribution < 1.29 is 13.2 Å². The Morgan fingerprint density at radius 2 is 1.78 bits per heavy atom. The predicted molar refractivity (Wildman–Crippen MR) is 109 cm³/mol. The van der Waals surface area contributed by atoms with Crippen LogP contribution in [0.5, 0.6) is 0 Å². The molecule has 1 aromatic carbocycles. The Balaban J connectivity index is 0.00000261. The Labute approximate surface area is 168 Å². The third-order valence-corrected chi connectivity index (χ3v) is 6.66. The third-order valence-electron chi connectivity index (χ3n) is 5.23. The van der Waals surface area contributed by atoms with Crippen LogP contribution in [0.2, 0.25) is 0 Å². The van der Waals surface area contributed by atoms with Crippen LogP contribution in [-0.2, 0) is 10.0 Å². The minimum Gasteiger partial charge on any atom is -0.339 e. The van der Waals surface area contributed by atoms with Gasteiger partial charge in [-0.2, -0.15) is 0 Å². The van der Waals surface area contributed by atoms with E-state index < -0.39 is 10.0 Å². The molecule has 0 atom stereocenters. The average Bonchev–Trinajstić information content (AvgIpc) is 3.49. The zero-order valence-corrected chi connectivity index (χ0v) is 17.4. The fourth-order valence-corrected chi connectivity index (χ4v) is 4.46. The van der Waals surface area contributed by atoms with Gasteiger partial charge in [-0.15, -0.1) is 12.4 Å². The van der Waals surface area contributed by atoms with Crippen LogP contribution < -0.4 is 10.0 Å². The molecule has 152 valence electrons. The highest BCUT2D eigenvalue weighted by Crippen LogP contribution is 2.28. The molecule has 6 nitrogen and oxygen atoms in total. The van der Waals surface area contributed by atoms with E-state index in [2.05, 4.69) is 17.0 Å². The minimum atomic E-state index is -3.55. The van der Waals surface area contributed by atoms with E-state index in [0.29, 0.717) is 23.9 Å². The average molecular weight is 416 g/mol. The fraction of sp³-hybridized carbons (Fsp3) is 0.632. The van der Waals surface area contributed by atoms with Crippen LogP contribution >= 0.6 is 12.4 Å². The zero-order valence-electron chi connectivity index (χ0n) is 15.8. The smallest absolute Gasteiger partial charge is 0.253 e. The number of carbonyl (C=O) groups excluding carboxylic acids is 1. The number of benzene rings is 1. The van der Waals surface area contributed by atoms with E-state index >= 15 is 0 Å². The van der Waals surface area contributed by atoms with Gasteiger partial charge in [-0.1, -0.05) is 13.0 Å². The summed E-state index contributed by atoms with van der Waals surface area (Å²) in [6.07, 6.45) is 4.15. The number of sulfonamides is 1. The first-order chi connectivity index (χ1) is 12.5. The molecule has 2 N–H and O–H groups in total. The standard InChI is InChI=1S/C19H29N3O3S.ClH/c1-2-20-13-16-8-10-22(11-9-16)19(23)17-4-3-5-18(12-17)26(24,25)21-14-15-6-7-15;/h3-5,12,15-16,20-21H,2,6-11,13-14H2,1H3;1H. The normalized spacial score (nSPS) is 18.2. The summed E-state index contributed by atoms with van der Waals surface area (Å²) in [5, 5.41) is 3.36. The molecule has 2 aliphatic rings. The van der Waals surface area contributed by atoms with Crippen molar-refractivity contribution >= 4 is 28.3 Å². The molecule has 3 rings (SSSR count). The number of halogens is 1. The number of amides is 1. The molecule has 1 aromatic rings. The summed E-state index contributed by atoms with van der Waals surface area (Å²) in [7, 11) is -3.55. The maximum atomic E-state index is 12.8. The van der Waals surface area contributed by atoms with E-state index in [1.165, 1.54) is 6.07 Å². The van der Waals surface area contributed by atoms with Crippen molar-refractivity contribution in [1.29, 1.82) is 0 Å². The van der Waals surface area contributed by atoms with E-state index in [-0.39, 0.29) is 23.2 Å². The second-order valence-corrected chi connectivity index (χ2v) is 9.13. The lowest BCUT2D eigenvalue weighted by Crippen LogP contribution is -2.40. The molecular formula is C19H30ClN3O3S. The predicted octanol–water partition coefficient (Wildman–Crippen LogP) is 2.26. The second kappa shape index (κ2) is 9.87. The first-order valence-electron chi connectivity index (χ1n) is 9.59. The molecule has 1 heterocycles. The molecule has 0 unspecified atom stereocenters. The van der Waals surface area contributed by atoms with E-state index in [4.69, 9.17) is 0 Å². The number of likely N-dealkylation sites (tertiary alicyclic amines) is 1. The van der Waals surface area contributed by atoms with Gasteiger partial charge in [0.05, 0.1) is 4.90 Å². The molecule has 0 spiro atoms. The number of nitrogens with zero attached hydrogens (tertiary/aromatic N) is 1. The van der Waals surface area contributed by atoms with Crippen LogP contribution in [0.1, 0.15) is 43.0 Å². The SMILES string of the molecule is CCNCC1CCN(C(=O)c2cccc(S(=O)(=O)NCC3CC3)c2)CC1.Cl. The van der Waals surface area contributed by atoms with Gasteiger partial charge in [0.1, 0.15) is 0 Å². The molecule has 1 aliphatic heterocycles. The molecule has 8 heteroatoms. The van der Waals surface area contributed by atoms with E-state index in [9.17, 15) is 13.2 Å². The van der Waals surface area contributed by atoms with Crippen LogP contribution in [0.4, 0.5) is 0 Å². The lowest BCUT2D eigenvalue weighted by molar-refractivity contribution is 0.0690. The van der Waals surface area contributed by atoms with Crippen molar-refractivity contribution in [2.45, 2.75) is 37.5 Å². The van der Waals surface area contributed by atoms with Crippen molar-refractivity contribution in [3.05, 3.63) is 29.8 Å². The Morgan fingerprint density at radius 3 is 2.41 bits per heavy atom. The number of piperidine rings is 1. The topological polar surface area (TPSA) is 78.5 Å². The Bertz CT molecular complexity index is 729. The van der Waals surface area contributed by atoms with Gasteiger partial charge in [0.25, 0.3) is 5.91 Å². The molecule has 0 bridgehead atoms. The first-order valence-corrected chi connectivity index (χ1v) is 11.1. The van der Waals surface area contributed by atoms with Crippen molar-refractivity contribution in [3.63, 3.8) is 0 Å². The summed E-state index contributed by atoms with van der Waals surface area (Å²) in [6.45, 7) is 6.00. The molecule has 1 saturated carbocycles.